The molecule has 0 aromatic rings. The van der Waals surface area contributed by atoms with E-state index in [1.54, 1.807) is 0 Å². The summed E-state index contributed by atoms with van der Waals surface area (Å²) >= 11 is 0. The van der Waals surface area contributed by atoms with Crippen LogP contribution in [0.2, 0.25) is 0 Å². The Kier molecular flexibility index (Phi) is 4.95. The maximum atomic E-state index is 13.2. The van der Waals surface area contributed by atoms with Crippen molar-refractivity contribution in [2.45, 2.75) is 90.3 Å². The van der Waals surface area contributed by atoms with Crippen LogP contribution in [0.1, 0.15) is 72.6 Å². The maximum absolute atomic E-state index is 13.2. The van der Waals surface area contributed by atoms with Gasteiger partial charge in [0, 0.05) is 6.04 Å². The summed E-state index contributed by atoms with van der Waals surface area (Å²) in [6, 6.07) is -0.0472. The van der Waals surface area contributed by atoms with Gasteiger partial charge in [-0.3, -0.25) is 9.59 Å². The van der Waals surface area contributed by atoms with Crippen LogP contribution < -0.4 is 5.32 Å². The van der Waals surface area contributed by atoms with Gasteiger partial charge in [0.25, 0.3) is 0 Å². The van der Waals surface area contributed by atoms with Crippen molar-refractivity contribution in [3.63, 3.8) is 0 Å². The van der Waals surface area contributed by atoms with Crippen LogP contribution in [0.3, 0.4) is 0 Å². The highest BCUT2D eigenvalue weighted by atomic mass is 16.2. The molecular weight excluding hydrogens is 264 g/mol. The molecule has 1 saturated heterocycles. The van der Waals surface area contributed by atoms with Crippen LogP contribution in [0.4, 0.5) is 0 Å². The third kappa shape index (κ3) is 2.82. The third-order valence-electron chi connectivity index (χ3n) is 5.38. The summed E-state index contributed by atoms with van der Waals surface area (Å²) in [5.41, 5.74) is -0.681. The fraction of sp³-hybridized carbons (Fsp3) is 0.882. The number of rotatable bonds is 4. The molecule has 0 spiro atoms. The Bertz CT molecular complexity index is 396. The second kappa shape index (κ2) is 6.37. The quantitative estimate of drug-likeness (QED) is 0.866. The predicted molar refractivity (Wildman–Crippen MR) is 83.8 cm³/mol. The van der Waals surface area contributed by atoms with Crippen LogP contribution >= 0.6 is 0 Å². The van der Waals surface area contributed by atoms with E-state index in [2.05, 4.69) is 5.32 Å². The van der Waals surface area contributed by atoms with Gasteiger partial charge >= 0.3 is 0 Å². The number of nitrogens with zero attached hydrogens (tertiary/aromatic N) is 1. The van der Waals surface area contributed by atoms with Crippen LogP contribution in [-0.4, -0.2) is 34.3 Å². The van der Waals surface area contributed by atoms with Crippen molar-refractivity contribution in [2.75, 3.05) is 0 Å². The molecule has 1 aliphatic carbocycles. The second-order valence-electron chi connectivity index (χ2n) is 6.97. The van der Waals surface area contributed by atoms with Gasteiger partial charge in [-0.05, 0) is 31.6 Å². The number of hydrogen-bond donors (Lipinski definition) is 1. The lowest BCUT2D eigenvalue weighted by molar-refractivity contribution is -0.161. The van der Waals surface area contributed by atoms with Gasteiger partial charge in [-0.15, -0.1) is 0 Å². The van der Waals surface area contributed by atoms with Gasteiger partial charge in [0.1, 0.15) is 11.6 Å². The molecule has 2 aliphatic rings. The third-order valence-corrected chi connectivity index (χ3v) is 5.38. The average molecular weight is 294 g/mol. The lowest BCUT2D eigenvalue weighted by Gasteiger charge is -2.50. The molecule has 21 heavy (non-hydrogen) atoms. The highest BCUT2D eigenvalue weighted by Crippen LogP contribution is 2.33. The number of hydrogen-bond acceptors (Lipinski definition) is 2. The summed E-state index contributed by atoms with van der Waals surface area (Å²) in [4.78, 5) is 27.8. The van der Waals surface area contributed by atoms with Crippen molar-refractivity contribution in [3.05, 3.63) is 0 Å². The van der Waals surface area contributed by atoms with Gasteiger partial charge in [-0.1, -0.05) is 47.0 Å². The minimum atomic E-state index is -0.681. The van der Waals surface area contributed by atoms with Crippen molar-refractivity contribution in [3.8, 4) is 0 Å². The van der Waals surface area contributed by atoms with Crippen LogP contribution in [-0.2, 0) is 9.59 Å². The molecule has 2 rings (SSSR count). The van der Waals surface area contributed by atoms with Gasteiger partial charge in [-0.25, -0.2) is 0 Å². The van der Waals surface area contributed by atoms with Crippen molar-refractivity contribution in [1.82, 2.24) is 10.2 Å². The molecule has 4 heteroatoms. The van der Waals surface area contributed by atoms with Crippen molar-refractivity contribution in [2.24, 2.45) is 5.92 Å². The van der Waals surface area contributed by atoms with E-state index in [1.165, 1.54) is 19.3 Å². The number of carbonyl (C=O) groups excluding carboxylic acids is 2. The van der Waals surface area contributed by atoms with Crippen LogP contribution in [0.5, 0.6) is 0 Å². The molecule has 4 nitrogen and oxygen atoms in total. The van der Waals surface area contributed by atoms with Gasteiger partial charge in [0.2, 0.25) is 11.8 Å². The summed E-state index contributed by atoms with van der Waals surface area (Å²) in [5, 5.41) is 3.05. The monoisotopic (exact) mass is 294 g/mol. The maximum Gasteiger partial charge on any atom is 0.249 e. The van der Waals surface area contributed by atoms with E-state index in [1.807, 2.05) is 32.6 Å². The van der Waals surface area contributed by atoms with Gasteiger partial charge in [0.15, 0.2) is 0 Å². The molecule has 0 bridgehead atoms. The van der Waals surface area contributed by atoms with Gasteiger partial charge in [0.05, 0.1) is 0 Å². The average Bonchev–Trinajstić information content (AvgIpc) is 2.49. The van der Waals surface area contributed by atoms with E-state index >= 15 is 0 Å². The zero-order chi connectivity index (χ0) is 15.6. The topological polar surface area (TPSA) is 49.4 Å². The fourth-order valence-electron chi connectivity index (χ4n) is 3.97. The first-order valence-electron chi connectivity index (χ1n) is 8.61. The highest BCUT2D eigenvalue weighted by molar-refractivity contribution is 6.00. The van der Waals surface area contributed by atoms with E-state index in [0.717, 1.165) is 12.8 Å². The van der Waals surface area contributed by atoms with Crippen LogP contribution in [0.15, 0.2) is 0 Å². The van der Waals surface area contributed by atoms with Crippen LogP contribution in [0.25, 0.3) is 0 Å². The number of nitrogens with one attached hydrogen (secondary N) is 1. The Morgan fingerprint density at radius 1 is 1.14 bits per heavy atom. The predicted octanol–water partition coefficient (Wildman–Crippen LogP) is 2.86. The zero-order valence-electron chi connectivity index (χ0n) is 13.9. The number of carbonyl (C=O) groups is 2. The Hall–Kier alpha value is -1.06. The first-order chi connectivity index (χ1) is 9.96. The first kappa shape index (κ1) is 16.3. The summed E-state index contributed by atoms with van der Waals surface area (Å²) in [5.74, 6) is 0.346. The summed E-state index contributed by atoms with van der Waals surface area (Å²) in [6.07, 6.45) is 7.03. The first-order valence-corrected chi connectivity index (χ1v) is 8.61. The fourth-order valence-corrected chi connectivity index (χ4v) is 3.97. The largest absolute Gasteiger partial charge is 0.340 e. The van der Waals surface area contributed by atoms with Crippen LogP contribution in [0, 0.1) is 5.92 Å². The Labute approximate surface area is 128 Å². The zero-order valence-corrected chi connectivity index (χ0v) is 13.9. The molecule has 1 aliphatic heterocycles. The van der Waals surface area contributed by atoms with Crippen molar-refractivity contribution < 1.29 is 9.59 Å². The SMILES string of the molecule is CCC1(CC)NC(=O)C(C(C)C)N(C2CCCCC2)C1=O. The number of piperazine rings is 1. The van der Waals surface area contributed by atoms with Crippen molar-refractivity contribution in [1.29, 1.82) is 0 Å². The normalized spacial score (nSPS) is 27.1. The molecule has 1 atom stereocenters. The Morgan fingerprint density at radius 2 is 1.71 bits per heavy atom. The van der Waals surface area contributed by atoms with Crippen molar-refractivity contribution >= 4 is 11.8 Å². The van der Waals surface area contributed by atoms with E-state index < -0.39 is 5.54 Å². The van der Waals surface area contributed by atoms with E-state index in [4.69, 9.17) is 0 Å². The van der Waals surface area contributed by atoms with E-state index in [-0.39, 0.29) is 29.8 Å². The lowest BCUT2D eigenvalue weighted by Crippen LogP contribution is -2.72. The molecule has 0 aromatic heterocycles. The second-order valence-corrected chi connectivity index (χ2v) is 6.97. The molecular formula is C17H30N2O2. The smallest absolute Gasteiger partial charge is 0.249 e. The molecule has 1 heterocycles. The molecule has 2 fully saturated rings. The summed E-state index contributed by atoms with van der Waals surface area (Å²) < 4.78 is 0. The molecule has 1 N–H and O–H groups in total. The molecule has 1 saturated carbocycles. The highest BCUT2D eigenvalue weighted by Gasteiger charge is 2.51. The minimum Gasteiger partial charge on any atom is -0.340 e. The Balaban J connectivity index is 2.36. The standard InChI is InChI=1S/C17H30N2O2/c1-5-17(6-2)16(21)19(13-10-8-7-9-11-13)14(12(3)4)15(20)18-17/h12-14H,5-11H2,1-4H3,(H,18,20). The molecule has 0 aromatic carbocycles. The lowest BCUT2D eigenvalue weighted by atomic mass is 9.82. The summed E-state index contributed by atoms with van der Waals surface area (Å²) in [7, 11) is 0. The van der Waals surface area contributed by atoms with E-state index in [0.29, 0.717) is 12.8 Å². The Morgan fingerprint density at radius 3 is 2.19 bits per heavy atom. The molecule has 120 valence electrons. The molecule has 2 amide bonds. The summed E-state index contributed by atoms with van der Waals surface area (Å²) in [6.45, 7) is 8.07. The minimum absolute atomic E-state index is 0.0406. The van der Waals surface area contributed by atoms with Gasteiger partial charge < -0.3 is 10.2 Å². The van der Waals surface area contributed by atoms with Gasteiger partial charge in [-0.2, -0.15) is 0 Å². The number of amides is 2. The molecule has 0 radical (unpaired) electrons. The van der Waals surface area contributed by atoms with E-state index in [9.17, 15) is 9.59 Å². The molecule has 1 unspecified atom stereocenters.